The lowest BCUT2D eigenvalue weighted by molar-refractivity contribution is -0.690. The summed E-state index contributed by atoms with van der Waals surface area (Å²) in [5.74, 6) is 0.273. The molecule has 0 saturated carbocycles. The molecule has 0 spiro atoms. The third-order valence-corrected chi connectivity index (χ3v) is 5.71. The van der Waals surface area contributed by atoms with Crippen LogP contribution in [0.2, 0.25) is 10.0 Å². The van der Waals surface area contributed by atoms with Crippen LogP contribution >= 0.6 is 35.0 Å². The average Bonchev–Trinajstić information content (AvgIpc) is 3.05. The lowest BCUT2D eigenvalue weighted by Crippen LogP contribution is -2.90. The van der Waals surface area contributed by atoms with E-state index in [2.05, 4.69) is 0 Å². The first-order valence-electron chi connectivity index (χ1n) is 7.37. The first-order valence-corrected chi connectivity index (χ1v) is 9.17. The van der Waals surface area contributed by atoms with Crippen LogP contribution in [0.15, 0.2) is 42.5 Å². The largest absolute Gasteiger partial charge is 0.544 e. The molecule has 1 fully saturated rings. The fourth-order valence-electron chi connectivity index (χ4n) is 2.44. The minimum atomic E-state index is -1.01. The van der Waals surface area contributed by atoms with E-state index < -0.39 is 12.0 Å². The van der Waals surface area contributed by atoms with Gasteiger partial charge in [0.05, 0.1) is 5.75 Å². The molecule has 0 amide bonds. The molecule has 7 heteroatoms. The molecule has 2 atom stereocenters. The Morgan fingerprint density at radius 3 is 2.62 bits per heavy atom. The number of ether oxygens (including phenoxy) is 1. The second-order valence-corrected chi connectivity index (χ2v) is 7.48. The van der Waals surface area contributed by atoms with Gasteiger partial charge in [0.1, 0.15) is 24.4 Å². The lowest BCUT2D eigenvalue weighted by atomic mass is 10.2. The summed E-state index contributed by atoms with van der Waals surface area (Å²) in [5, 5.41) is 14.0. The third kappa shape index (κ3) is 4.16. The van der Waals surface area contributed by atoms with Crippen LogP contribution in [-0.4, -0.2) is 17.8 Å². The van der Waals surface area contributed by atoms with E-state index in [1.165, 1.54) is 0 Å². The molecule has 4 nitrogen and oxygen atoms in total. The molecule has 0 aliphatic carbocycles. The lowest BCUT2D eigenvalue weighted by Gasteiger charge is -2.12. The van der Waals surface area contributed by atoms with E-state index in [1.54, 1.807) is 23.9 Å². The van der Waals surface area contributed by atoms with Crippen LogP contribution in [0, 0.1) is 0 Å². The van der Waals surface area contributed by atoms with Gasteiger partial charge in [-0.2, -0.15) is 0 Å². The molecule has 0 aromatic heterocycles. The van der Waals surface area contributed by atoms with Gasteiger partial charge in [-0.15, -0.1) is 0 Å². The number of halogens is 2. The van der Waals surface area contributed by atoms with Gasteiger partial charge < -0.3 is 20.0 Å². The molecule has 24 heavy (non-hydrogen) atoms. The van der Waals surface area contributed by atoms with Crippen molar-refractivity contribution in [2.45, 2.75) is 18.0 Å². The van der Waals surface area contributed by atoms with Gasteiger partial charge in [0.25, 0.3) is 0 Å². The van der Waals surface area contributed by atoms with E-state index in [9.17, 15) is 9.90 Å². The maximum Gasteiger partial charge on any atom is 0.159 e. The van der Waals surface area contributed by atoms with Crippen molar-refractivity contribution < 1.29 is 20.0 Å². The van der Waals surface area contributed by atoms with Crippen molar-refractivity contribution in [2.75, 3.05) is 5.75 Å². The molecule has 3 rings (SSSR count). The Balaban J connectivity index is 1.60. The summed E-state index contributed by atoms with van der Waals surface area (Å²) in [4.78, 5) is 10.9. The van der Waals surface area contributed by atoms with Gasteiger partial charge in [-0.05, 0) is 36.4 Å². The number of hydrogen-bond donors (Lipinski definition) is 1. The number of hydrogen-bond acceptors (Lipinski definition) is 4. The Morgan fingerprint density at radius 1 is 1.25 bits per heavy atom. The van der Waals surface area contributed by atoms with Crippen LogP contribution in [0.3, 0.4) is 0 Å². The predicted molar refractivity (Wildman–Crippen MR) is 93.2 cm³/mol. The molecule has 2 N–H and O–H groups in total. The summed E-state index contributed by atoms with van der Waals surface area (Å²) in [6.45, 7) is 0.354. The Hall–Kier alpha value is -1.40. The quantitative estimate of drug-likeness (QED) is 0.857. The Labute approximate surface area is 154 Å². The highest BCUT2D eigenvalue weighted by Gasteiger charge is 2.30. The van der Waals surface area contributed by atoms with Crippen molar-refractivity contribution in [1.82, 2.24) is 0 Å². The highest BCUT2D eigenvalue weighted by atomic mass is 35.5. The van der Waals surface area contributed by atoms with Crippen LogP contribution in [-0.2, 0) is 11.4 Å². The van der Waals surface area contributed by atoms with E-state index >= 15 is 0 Å². The second-order valence-electron chi connectivity index (χ2n) is 5.47. The molecule has 126 valence electrons. The fourth-order valence-corrected chi connectivity index (χ4v) is 4.21. The van der Waals surface area contributed by atoms with Gasteiger partial charge in [0.2, 0.25) is 0 Å². The number of thioether (sulfide) groups is 1. The number of carbonyl (C=O) groups is 1. The third-order valence-electron chi connectivity index (χ3n) is 3.78. The van der Waals surface area contributed by atoms with Crippen molar-refractivity contribution >= 4 is 40.9 Å². The summed E-state index contributed by atoms with van der Waals surface area (Å²) in [7, 11) is 0. The number of carboxylic acids is 1. The topological polar surface area (TPSA) is 66.0 Å². The highest BCUT2D eigenvalue weighted by Crippen LogP contribution is 2.28. The SMILES string of the molecule is O=C([O-])[C@@H]1CS[C@H](c2ccc(OCc3ccc(Cl)cc3Cl)cc2)[NH2+]1. The monoisotopic (exact) mass is 383 g/mol. The maximum absolute atomic E-state index is 10.9. The van der Waals surface area contributed by atoms with Crippen LogP contribution in [0.4, 0.5) is 0 Å². The zero-order valence-corrected chi connectivity index (χ0v) is 14.9. The minimum Gasteiger partial charge on any atom is -0.544 e. The van der Waals surface area contributed by atoms with Gasteiger partial charge >= 0.3 is 0 Å². The number of nitrogens with two attached hydrogens (primary N) is 1. The van der Waals surface area contributed by atoms with E-state index in [0.29, 0.717) is 22.4 Å². The van der Waals surface area contributed by atoms with Crippen LogP contribution < -0.4 is 15.2 Å². The first-order chi connectivity index (χ1) is 11.5. The Bertz CT molecular complexity index is 739. The predicted octanol–water partition coefficient (Wildman–Crippen LogP) is 2.00. The molecule has 0 bridgehead atoms. The molecule has 2 aromatic rings. The molecule has 1 aliphatic heterocycles. The maximum atomic E-state index is 10.9. The van der Waals surface area contributed by atoms with Gasteiger partial charge in [-0.3, -0.25) is 0 Å². The number of carboxylic acid groups (broad SMARTS) is 1. The average molecular weight is 384 g/mol. The summed E-state index contributed by atoms with van der Waals surface area (Å²) in [6.07, 6.45) is 0. The van der Waals surface area contributed by atoms with Gasteiger partial charge in [0, 0.05) is 21.2 Å². The van der Waals surface area contributed by atoms with Crippen molar-refractivity contribution in [3.8, 4) is 5.75 Å². The van der Waals surface area contributed by atoms with E-state index in [1.807, 2.05) is 35.6 Å². The molecule has 0 radical (unpaired) electrons. The highest BCUT2D eigenvalue weighted by molar-refractivity contribution is 7.99. The number of carbonyl (C=O) groups excluding carboxylic acids is 1. The molecular formula is C17H15Cl2NO3S. The smallest absolute Gasteiger partial charge is 0.159 e. The fraction of sp³-hybridized carbons (Fsp3) is 0.235. The number of rotatable bonds is 5. The van der Waals surface area contributed by atoms with Crippen molar-refractivity contribution in [2.24, 2.45) is 0 Å². The number of quaternary nitrogens is 1. The number of aliphatic carboxylic acids is 1. The summed E-state index contributed by atoms with van der Waals surface area (Å²) in [6, 6.07) is 12.5. The molecular weight excluding hydrogens is 369 g/mol. The standard InChI is InChI=1S/C17H15Cl2NO3S/c18-12-4-1-11(14(19)7-12)8-23-13-5-2-10(3-6-13)16-20-15(9-24-16)17(21)22/h1-7,15-16,20H,8-9H2,(H,21,22)/t15-,16+/m0/s1. The normalized spacial score (nSPS) is 20.1. The Morgan fingerprint density at radius 2 is 2.00 bits per heavy atom. The van der Waals surface area contributed by atoms with Gasteiger partial charge in [-0.25, -0.2) is 0 Å². The molecule has 1 aliphatic rings. The van der Waals surface area contributed by atoms with E-state index in [-0.39, 0.29) is 5.37 Å². The molecule has 2 aromatic carbocycles. The van der Waals surface area contributed by atoms with Crippen LogP contribution in [0.5, 0.6) is 5.75 Å². The van der Waals surface area contributed by atoms with Crippen LogP contribution in [0.1, 0.15) is 16.5 Å². The van der Waals surface area contributed by atoms with Crippen molar-refractivity contribution in [3.63, 3.8) is 0 Å². The molecule has 0 unspecified atom stereocenters. The summed E-state index contributed by atoms with van der Waals surface area (Å²) >= 11 is 13.6. The second kappa shape index (κ2) is 7.66. The molecule has 1 saturated heterocycles. The van der Waals surface area contributed by atoms with Gasteiger partial charge in [0.15, 0.2) is 5.37 Å². The van der Waals surface area contributed by atoms with Crippen LogP contribution in [0.25, 0.3) is 0 Å². The van der Waals surface area contributed by atoms with Crippen molar-refractivity contribution in [3.05, 3.63) is 63.6 Å². The minimum absolute atomic E-state index is 0.0765. The summed E-state index contributed by atoms with van der Waals surface area (Å²) in [5.41, 5.74) is 1.92. The first kappa shape index (κ1) is 17.4. The zero-order valence-electron chi connectivity index (χ0n) is 12.6. The van der Waals surface area contributed by atoms with E-state index in [4.69, 9.17) is 27.9 Å². The zero-order chi connectivity index (χ0) is 17.1. The summed E-state index contributed by atoms with van der Waals surface area (Å²) < 4.78 is 5.74. The Kier molecular flexibility index (Phi) is 5.56. The van der Waals surface area contributed by atoms with Crippen molar-refractivity contribution in [1.29, 1.82) is 0 Å². The molecule has 1 heterocycles. The van der Waals surface area contributed by atoms with E-state index in [0.717, 1.165) is 16.9 Å². The number of benzene rings is 2. The van der Waals surface area contributed by atoms with Gasteiger partial charge in [-0.1, -0.05) is 41.0 Å².